The van der Waals surface area contributed by atoms with Gasteiger partial charge in [0.1, 0.15) is 5.76 Å². The minimum absolute atomic E-state index is 0.0783. The van der Waals surface area contributed by atoms with Gasteiger partial charge >= 0.3 is 6.18 Å². The molecule has 0 unspecified atom stereocenters. The van der Waals surface area contributed by atoms with Crippen molar-refractivity contribution >= 4 is 40.7 Å². The number of hydrogen-bond donors (Lipinski definition) is 1. The van der Waals surface area contributed by atoms with Gasteiger partial charge in [-0.15, -0.1) is 10.2 Å². The third-order valence-electron chi connectivity index (χ3n) is 3.55. The molecule has 0 radical (unpaired) electrons. The molecule has 27 heavy (non-hydrogen) atoms. The molecule has 3 aromatic rings. The van der Waals surface area contributed by atoms with E-state index in [1.807, 2.05) is 0 Å². The molecular weight excluding hydrogens is 407 g/mol. The van der Waals surface area contributed by atoms with E-state index < -0.39 is 17.0 Å². The van der Waals surface area contributed by atoms with Gasteiger partial charge in [0.2, 0.25) is 5.91 Å². The smallest absolute Gasteiger partial charge is 0.360 e. The van der Waals surface area contributed by atoms with Gasteiger partial charge in [-0.1, -0.05) is 35.4 Å². The number of anilines is 1. The van der Waals surface area contributed by atoms with Crippen molar-refractivity contribution in [3.63, 3.8) is 0 Å². The molecule has 3 heterocycles. The summed E-state index contributed by atoms with van der Waals surface area (Å²) in [6.45, 7) is 3.45. The maximum absolute atomic E-state index is 13.0. The third kappa shape index (κ3) is 4.19. The lowest BCUT2D eigenvalue weighted by atomic mass is 10.3. The van der Waals surface area contributed by atoms with Crippen LogP contribution in [0.2, 0.25) is 5.02 Å². The van der Waals surface area contributed by atoms with Crippen molar-refractivity contribution < 1.29 is 22.5 Å². The first-order valence-electron chi connectivity index (χ1n) is 7.71. The maximum Gasteiger partial charge on any atom is 0.417 e. The fraction of sp³-hybridized carbons (Fsp3) is 0.333. The number of amides is 1. The molecule has 1 N–H and O–H groups in total. The average molecular weight is 420 g/mol. The van der Waals surface area contributed by atoms with Crippen LogP contribution in [-0.4, -0.2) is 30.9 Å². The molecular formula is C15H13ClF3N5O2S. The van der Waals surface area contributed by atoms with E-state index in [-0.39, 0.29) is 27.6 Å². The van der Waals surface area contributed by atoms with E-state index in [0.29, 0.717) is 12.2 Å². The molecule has 0 saturated heterocycles. The highest BCUT2D eigenvalue weighted by molar-refractivity contribution is 8.00. The molecule has 0 aliphatic heterocycles. The SMILES string of the molecule is CC[C@@H](Sc1nnc2c(Cl)cc(C(F)(F)F)cn12)C(=O)Nc1cc(C)on1. The number of fused-ring (bicyclic) bond motifs is 1. The average Bonchev–Trinajstić information content (AvgIpc) is 3.18. The van der Waals surface area contributed by atoms with Crippen LogP contribution < -0.4 is 5.32 Å². The fourth-order valence-electron chi connectivity index (χ4n) is 2.25. The predicted octanol–water partition coefficient (Wildman–Crippen LogP) is 4.21. The fourth-order valence-corrected chi connectivity index (χ4v) is 3.42. The summed E-state index contributed by atoms with van der Waals surface area (Å²) in [4.78, 5) is 12.4. The van der Waals surface area contributed by atoms with Crippen LogP contribution in [-0.2, 0) is 11.0 Å². The summed E-state index contributed by atoms with van der Waals surface area (Å²) < 4.78 is 45.1. The van der Waals surface area contributed by atoms with Gasteiger partial charge in [0.05, 0.1) is 15.8 Å². The van der Waals surface area contributed by atoms with Crippen LogP contribution in [0.1, 0.15) is 24.7 Å². The van der Waals surface area contributed by atoms with Gasteiger partial charge < -0.3 is 9.84 Å². The van der Waals surface area contributed by atoms with Crippen molar-refractivity contribution in [3.05, 3.63) is 34.7 Å². The number of aromatic nitrogens is 4. The minimum atomic E-state index is -4.57. The summed E-state index contributed by atoms with van der Waals surface area (Å²) >= 11 is 6.87. The number of alkyl halides is 3. The van der Waals surface area contributed by atoms with Crippen LogP contribution >= 0.6 is 23.4 Å². The van der Waals surface area contributed by atoms with Gasteiger partial charge in [0.25, 0.3) is 0 Å². The number of rotatable bonds is 5. The molecule has 0 spiro atoms. The van der Waals surface area contributed by atoms with Crippen LogP contribution in [0, 0.1) is 6.92 Å². The lowest BCUT2D eigenvalue weighted by molar-refractivity contribution is -0.137. The number of halogens is 4. The molecule has 1 atom stereocenters. The molecule has 0 bridgehead atoms. The number of pyridine rings is 1. The van der Waals surface area contributed by atoms with E-state index in [9.17, 15) is 18.0 Å². The first-order valence-corrected chi connectivity index (χ1v) is 8.97. The number of carbonyl (C=O) groups is 1. The second-order valence-electron chi connectivity index (χ2n) is 5.58. The van der Waals surface area contributed by atoms with E-state index in [1.54, 1.807) is 19.9 Å². The van der Waals surface area contributed by atoms with E-state index in [0.717, 1.165) is 28.4 Å². The molecule has 3 aromatic heterocycles. The van der Waals surface area contributed by atoms with Crippen molar-refractivity contribution in [1.29, 1.82) is 0 Å². The lowest BCUT2D eigenvalue weighted by Gasteiger charge is -2.13. The highest BCUT2D eigenvalue weighted by Gasteiger charge is 2.32. The van der Waals surface area contributed by atoms with Gasteiger partial charge in [-0.2, -0.15) is 13.2 Å². The molecule has 0 fully saturated rings. The van der Waals surface area contributed by atoms with E-state index in [4.69, 9.17) is 16.1 Å². The first-order chi connectivity index (χ1) is 12.7. The van der Waals surface area contributed by atoms with Gasteiger partial charge in [0, 0.05) is 12.3 Å². The van der Waals surface area contributed by atoms with Gasteiger partial charge in [0.15, 0.2) is 16.6 Å². The summed E-state index contributed by atoms with van der Waals surface area (Å²) in [6, 6.07) is 2.34. The molecule has 7 nitrogen and oxygen atoms in total. The second-order valence-corrected chi connectivity index (χ2v) is 7.15. The predicted molar refractivity (Wildman–Crippen MR) is 92.8 cm³/mol. The summed E-state index contributed by atoms with van der Waals surface area (Å²) in [5.41, 5.74) is -0.855. The number of thioether (sulfide) groups is 1. The summed E-state index contributed by atoms with van der Waals surface area (Å²) in [6.07, 6.45) is -3.32. The maximum atomic E-state index is 13.0. The van der Waals surface area contributed by atoms with Crippen molar-refractivity contribution in [3.8, 4) is 0 Å². The number of nitrogens with zero attached hydrogens (tertiary/aromatic N) is 4. The Morgan fingerprint density at radius 1 is 1.41 bits per heavy atom. The second kappa shape index (κ2) is 7.39. The van der Waals surface area contributed by atoms with Crippen molar-refractivity contribution in [2.75, 3.05) is 5.32 Å². The van der Waals surface area contributed by atoms with Crippen LogP contribution in [0.15, 0.2) is 28.0 Å². The van der Waals surface area contributed by atoms with Gasteiger partial charge in [-0.3, -0.25) is 9.20 Å². The zero-order valence-electron chi connectivity index (χ0n) is 14.0. The summed E-state index contributed by atoms with van der Waals surface area (Å²) in [5, 5.41) is 13.3. The Kier molecular flexibility index (Phi) is 5.33. The highest BCUT2D eigenvalue weighted by atomic mass is 35.5. The van der Waals surface area contributed by atoms with Gasteiger partial charge in [-0.25, -0.2) is 0 Å². The molecule has 0 aliphatic carbocycles. The number of aryl methyl sites for hydroxylation is 1. The Hall–Kier alpha value is -2.27. The van der Waals surface area contributed by atoms with Crippen LogP contribution in [0.3, 0.4) is 0 Å². The molecule has 0 aliphatic rings. The third-order valence-corrected chi connectivity index (χ3v) is 5.15. The summed E-state index contributed by atoms with van der Waals surface area (Å²) in [5.74, 6) is 0.402. The van der Waals surface area contributed by atoms with Crippen LogP contribution in [0.5, 0.6) is 0 Å². The first kappa shape index (κ1) is 19.5. The topological polar surface area (TPSA) is 85.3 Å². The molecule has 0 aromatic carbocycles. The van der Waals surface area contributed by atoms with E-state index >= 15 is 0 Å². The zero-order valence-corrected chi connectivity index (χ0v) is 15.6. The number of hydrogen-bond acceptors (Lipinski definition) is 6. The Bertz CT molecular complexity index is 988. The van der Waals surface area contributed by atoms with Crippen molar-refractivity contribution in [2.45, 2.75) is 36.9 Å². The van der Waals surface area contributed by atoms with Crippen molar-refractivity contribution in [1.82, 2.24) is 19.8 Å². The van der Waals surface area contributed by atoms with Crippen LogP contribution in [0.25, 0.3) is 5.65 Å². The van der Waals surface area contributed by atoms with E-state index in [1.165, 1.54) is 0 Å². The van der Waals surface area contributed by atoms with Crippen molar-refractivity contribution in [2.24, 2.45) is 0 Å². The lowest BCUT2D eigenvalue weighted by Crippen LogP contribution is -2.25. The largest absolute Gasteiger partial charge is 0.417 e. The molecule has 12 heteroatoms. The van der Waals surface area contributed by atoms with Gasteiger partial charge in [-0.05, 0) is 19.4 Å². The Balaban J connectivity index is 1.87. The Morgan fingerprint density at radius 3 is 2.74 bits per heavy atom. The normalized spacial score (nSPS) is 13.1. The summed E-state index contributed by atoms with van der Waals surface area (Å²) in [7, 11) is 0. The molecule has 0 saturated carbocycles. The molecule has 1 amide bonds. The van der Waals surface area contributed by atoms with E-state index in [2.05, 4.69) is 20.7 Å². The standard InChI is InChI=1S/C15H13ClF3N5O2S/c1-3-10(13(25)20-11-4-7(2)26-23-11)27-14-22-21-12-9(16)5-8(6-24(12)14)15(17,18)19/h4-6,10H,3H2,1-2H3,(H,20,23,25)/t10-/m1/s1. The Morgan fingerprint density at radius 2 is 2.15 bits per heavy atom. The monoisotopic (exact) mass is 419 g/mol. The number of nitrogens with one attached hydrogen (secondary N) is 1. The minimum Gasteiger partial charge on any atom is -0.360 e. The quantitative estimate of drug-likeness (QED) is 0.623. The molecule has 144 valence electrons. The van der Waals surface area contributed by atoms with Crippen LogP contribution in [0.4, 0.5) is 19.0 Å². The zero-order chi connectivity index (χ0) is 19.8. The highest BCUT2D eigenvalue weighted by Crippen LogP contribution is 2.34. The Labute approximate surface area is 160 Å². The number of carbonyl (C=O) groups excluding carboxylic acids is 1. The molecule has 3 rings (SSSR count).